The number of hydrogen-bond acceptors (Lipinski definition) is 3. The van der Waals surface area contributed by atoms with Crippen LogP contribution in [0.4, 0.5) is 10.1 Å². The van der Waals surface area contributed by atoms with Gasteiger partial charge in [0.25, 0.3) is 0 Å². The Hall–Kier alpha value is -2.43. The molecule has 1 aromatic heterocycles. The third-order valence-corrected chi connectivity index (χ3v) is 2.64. The molecule has 0 aliphatic rings. The Morgan fingerprint density at radius 2 is 2.21 bits per heavy atom. The minimum atomic E-state index is -1.05. The summed E-state index contributed by atoms with van der Waals surface area (Å²) in [5.41, 5.74) is 2.03. The van der Waals surface area contributed by atoms with Crippen molar-refractivity contribution < 1.29 is 14.3 Å². The van der Waals surface area contributed by atoms with Crippen LogP contribution in [-0.2, 0) is 6.54 Å². The van der Waals surface area contributed by atoms with E-state index in [1.807, 2.05) is 0 Å². The average Bonchev–Trinajstić information content (AvgIpc) is 2.36. The van der Waals surface area contributed by atoms with Gasteiger partial charge in [-0.05, 0) is 30.7 Å². The Labute approximate surface area is 109 Å². The molecule has 98 valence electrons. The van der Waals surface area contributed by atoms with Gasteiger partial charge in [0.1, 0.15) is 11.4 Å². The van der Waals surface area contributed by atoms with Gasteiger partial charge in [0.2, 0.25) is 0 Å². The second kappa shape index (κ2) is 5.48. The third kappa shape index (κ3) is 3.28. The molecule has 0 aliphatic heterocycles. The van der Waals surface area contributed by atoms with Crippen molar-refractivity contribution in [3.8, 4) is 0 Å². The van der Waals surface area contributed by atoms with Gasteiger partial charge in [-0.25, -0.2) is 9.18 Å². The Morgan fingerprint density at radius 3 is 2.89 bits per heavy atom. The lowest BCUT2D eigenvalue weighted by molar-refractivity contribution is 0.0697. The van der Waals surface area contributed by atoms with E-state index in [0.717, 1.165) is 5.56 Å². The van der Waals surface area contributed by atoms with E-state index in [-0.39, 0.29) is 11.4 Å². The molecule has 2 N–H and O–H groups in total. The highest BCUT2D eigenvalue weighted by Gasteiger charge is 2.10. The number of carbonyl (C=O) groups is 1. The number of pyridine rings is 1. The van der Waals surface area contributed by atoms with Gasteiger partial charge < -0.3 is 10.4 Å². The number of nitrogens with zero attached hydrogens (tertiary/aromatic N) is 1. The van der Waals surface area contributed by atoms with E-state index < -0.39 is 5.97 Å². The molecule has 2 rings (SSSR count). The topological polar surface area (TPSA) is 62.2 Å². The summed E-state index contributed by atoms with van der Waals surface area (Å²) in [6.07, 6.45) is 1.31. The number of aryl methyl sites for hydroxylation is 1. The average molecular weight is 260 g/mol. The first-order valence-corrected chi connectivity index (χ1v) is 5.74. The summed E-state index contributed by atoms with van der Waals surface area (Å²) < 4.78 is 13.0. The second-order valence-electron chi connectivity index (χ2n) is 4.16. The van der Waals surface area contributed by atoms with Gasteiger partial charge in [-0.1, -0.05) is 12.1 Å². The van der Waals surface area contributed by atoms with Crippen LogP contribution < -0.4 is 5.32 Å². The number of aromatic carboxylic acids is 1. The van der Waals surface area contributed by atoms with Crippen LogP contribution in [0.1, 0.15) is 21.6 Å². The van der Waals surface area contributed by atoms with Gasteiger partial charge >= 0.3 is 5.97 Å². The molecule has 0 amide bonds. The summed E-state index contributed by atoms with van der Waals surface area (Å²) in [6.45, 7) is 2.13. The Morgan fingerprint density at radius 1 is 1.42 bits per heavy atom. The molecular weight excluding hydrogens is 247 g/mol. The van der Waals surface area contributed by atoms with E-state index in [1.165, 1.54) is 18.3 Å². The highest BCUT2D eigenvalue weighted by molar-refractivity contribution is 5.93. The third-order valence-electron chi connectivity index (χ3n) is 2.64. The molecule has 19 heavy (non-hydrogen) atoms. The molecular formula is C14H13FN2O2. The molecule has 1 aromatic carbocycles. The number of halogens is 1. The molecule has 0 spiro atoms. The van der Waals surface area contributed by atoms with Gasteiger partial charge in [0, 0.05) is 18.4 Å². The number of rotatable bonds is 4. The Balaban J connectivity index is 2.19. The maximum absolute atomic E-state index is 13.0. The molecule has 0 atom stereocenters. The fourth-order valence-electron chi connectivity index (χ4n) is 1.72. The van der Waals surface area contributed by atoms with E-state index in [2.05, 4.69) is 10.3 Å². The van der Waals surface area contributed by atoms with Crippen LogP contribution in [0.25, 0.3) is 0 Å². The predicted molar refractivity (Wildman–Crippen MR) is 69.7 cm³/mol. The van der Waals surface area contributed by atoms with Crippen LogP contribution in [0, 0.1) is 12.7 Å². The second-order valence-corrected chi connectivity index (χ2v) is 4.16. The number of hydrogen-bond donors (Lipinski definition) is 2. The van der Waals surface area contributed by atoms with E-state index in [0.29, 0.717) is 17.9 Å². The van der Waals surface area contributed by atoms with Crippen molar-refractivity contribution in [1.29, 1.82) is 0 Å². The number of benzene rings is 1. The number of carboxylic acid groups (broad SMARTS) is 1. The van der Waals surface area contributed by atoms with E-state index in [1.54, 1.807) is 25.1 Å². The fraction of sp³-hybridized carbons (Fsp3) is 0.143. The van der Waals surface area contributed by atoms with Crippen LogP contribution in [0.15, 0.2) is 36.5 Å². The van der Waals surface area contributed by atoms with Crippen LogP contribution in [-0.4, -0.2) is 16.1 Å². The molecule has 0 saturated heterocycles. The normalized spacial score (nSPS) is 10.2. The zero-order valence-corrected chi connectivity index (χ0v) is 10.4. The summed E-state index contributed by atoms with van der Waals surface area (Å²) in [5.74, 6) is -1.36. The molecule has 0 unspecified atom stereocenters. The largest absolute Gasteiger partial charge is 0.478 e. The highest BCUT2D eigenvalue weighted by Crippen LogP contribution is 2.17. The van der Waals surface area contributed by atoms with Crippen molar-refractivity contribution in [2.24, 2.45) is 0 Å². The van der Waals surface area contributed by atoms with Gasteiger partial charge in [-0.3, -0.25) is 4.98 Å². The van der Waals surface area contributed by atoms with Gasteiger partial charge in [0.15, 0.2) is 0 Å². The maximum Gasteiger partial charge on any atom is 0.339 e. The molecule has 4 nitrogen and oxygen atoms in total. The first kappa shape index (κ1) is 13.0. The molecule has 0 radical (unpaired) electrons. The lowest BCUT2D eigenvalue weighted by Gasteiger charge is -2.10. The van der Waals surface area contributed by atoms with Crippen LogP contribution in [0.5, 0.6) is 0 Å². The minimum absolute atomic E-state index is 0.0991. The van der Waals surface area contributed by atoms with Crippen molar-refractivity contribution >= 4 is 11.7 Å². The van der Waals surface area contributed by atoms with Crippen molar-refractivity contribution in [3.05, 3.63) is 59.2 Å². The van der Waals surface area contributed by atoms with Gasteiger partial charge in [0.05, 0.1) is 5.69 Å². The lowest BCUT2D eigenvalue weighted by Crippen LogP contribution is -2.07. The lowest BCUT2D eigenvalue weighted by atomic mass is 10.2. The smallest absolute Gasteiger partial charge is 0.339 e. The van der Waals surface area contributed by atoms with E-state index >= 15 is 0 Å². The zero-order chi connectivity index (χ0) is 13.8. The quantitative estimate of drug-likeness (QED) is 0.887. The maximum atomic E-state index is 13.0. The Bertz CT molecular complexity index is 614. The van der Waals surface area contributed by atoms with Crippen LogP contribution >= 0.6 is 0 Å². The number of nitrogens with one attached hydrogen (secondary N) is 1. The van der Waals surface area contributed by atoms with Gasteiger partial charge in [-0.15, -0.1) is 0 Å². The van der Waals surface area contributed by atoms with E-state index in [9.17, 15) is 9.18 Å². The van der Waals surface area contributed by atoms with Gasteiger partial charge in [-0.2, -0.15) is 0 Å². The molecule has 0 fully saturated rings. The van der Waals surface area contributed by atoms with Crippen molar-refractivity contribution in [3.63, 3.8) is 0 Å². The summed E-state index contributed by atoms with van der Waals surface area (Å²) in [4.78, 5) is 15.0. The first-order valence-electron chi connectivity index (χ1n) is 5.74. The van der Waals surface area contributed by atoms with Crippen LogP contribution in [0.2, 0.25) is 0 Å². The highest BCUT2D eigenvalue weighted by atomic mass is 19.1. The number of anilines is 1. The van der Waals surface area contributed by atoms with Crippen molar-refractivity contribution in [2.45, 2.75) is 13.5 Å². The minimum Gasteiger partial charge on any atom is -0.478 e. The molecule has 0 saturated carbocycles. The van der Waals surface area contributed by atoms with Crippen LogP contribution in [0.3, 0.4) is 0 Å². The van der Waals surface area contributed by atoms with Crippen molar-refractivity contribution in [1.82, 2.24) is 4.98 Å². The van der Waals surface area contributed by atoms with E-state index in [4.69, 9.17) is 5.11 Å². The number of aromatic nitrogens is 1. The standard InChI is InChI=1S/C14H13FN2O2/c1-9-5-13(12(8-16-9)14(18)19)17-7-10-3-2-4-11(15)6-10/h2-6,8H,7H2,1H3,(H,16,17)(H,18,19). The molecule has 2 aromatic rings. The molecule has 1 heterocycles. The summed E-state index contributed by atoms with van der Waals surface area (Å²) in [5, 5.41) is 12.0. The predicted octanol–water partition coefficient (Wildman–Crippen LogP) is 2.84. The monoisotopic (exact) mass is 260 g/mol. The SMILES string of the molecule is Cc1cc(NCc2cccc(F)c2)c(C(=O)O)cn1. The molecule has 0 aliphatic carbocycles. The first-order chi connectivity index (χ1) is 9.06. The Kier molecular flexibility index (Phi) is 3.75. The molecule has 5 heteroatoms. The summed E-state index contributed by atoms with van der Waals surface area (Å²) in [6, 6.07) is 7.81. The summed E-state index contributed by atoms with van der Waals surface area (Å²) in [7, 11) is 0. The number of carboxylic acids is 1. The zero-order valence-electron chi connectivity index (χ0n) is 10.4. The summed E-state index contributed by atoms with van der Waals surface area (Å²) >= 11 is 0. The van der Waals surface area contributed by atoms with Crippen molar-refractivity contribution in [2.75, 3.05) is 5.32 Å². The fourth-order valence-corrected chi connectivity index (χ4v) is 1.72. The molecule has 0 bridgehead atoms.